The SMILES string of the molecule is CC(=O)Oc1c(OC(C)=O)c(O)c2c(=O)cc(-c3ccccc3)oc2c1Br. The zero-order valence-electron chi connectivity index (χ0n) is 14.2. The van der Waals surface area contributed by atoms with Crippen molar-refractivity contribution in [2.45, 2.75) is 13.8 Å². The van der Waals surface area contributed by atoms with Crippen LogP contribution in [0.4, 0.5) is 0 Å². The van der Waals surface area contributed by atoms with E-state index in [-0.39, 0.29) is 27.0 Å². The monoisotopic (exact) mass is 432 g/mol. The topological polar surface area (TPSA) is 103 Å². The molecule has 0 aliphatic carbocycles. The molecule has 0 radical (unpaired) electrons. The highest BCUT2D eigenvalue weighted by Crippen LogP contribution is 2.48. The first-order valence-electron chi connectivity index (χ1n) is 7.74. The van der Waals surface area contributed by atoms with E-state index in [1.165, 1.54) is 6.07 Å². The quantitative estimate of drug-likeness (QED) is 0.495. The Balaban J connectivity index is 2.38. The summed E-state index contributed by atoms with van der Waals surface area (Å²) in [5.74, 6) is -2.61. The van der Waals surface area contributed by atoms with E-state index in [1.807, 2.05) is 6.07 Å². The number of carbonyl (C=O) groups is 2. The zero-order valence-corrected chi connectivity index (χ0v) is 15.8. The Morgan fingerprint density at radius 1 is 1.04 bits per heavy atom. The molecule has 0 saturated carbocycles. The lowest BCUT2D eigenvalue weighted by atomic mass is 10.1. The third kappa shape index (κ3) is 3.56. The van der Waals surface area contributed by atoms with Crippen LogP contribution in [-0.2, 0) is 9.59 Å². The van der Waals surface area contributed by atoms with E-state index in [1.54, 1.807) is 24.3 Å². The predicted octanol–water partition coefficient (Wildman–Crippen LogP) is 3.78. The summed E-state index contributed by atoms with van der Waals surface area (Å²) in [6.07, 6.45) is 0. The lowest BCUT2D eigenvalue weighted by Gasteiger charge is -2.14. The summed E-state index contributed by atoms with van der Waals surface area (Å²) >= 11 is 3.21. The summed E-state index contributed by atoms with van der Waals surface area (Å²) < 4.78 is 15.9. The number of esters is 2. The van der Waals surface area contributed by atoms with Crippen LogP contribution in [0, 0.1) is 0 Å². The average Bonchev–Trinajstić information content (AvgIpc) is 2.62. The van der Waals surface area contributed by atoms with Gasteiger partial charge in [-0.2, -0.15) is 0 Å². The molecule has 0 saturated heterocycles. The molecule has 3 aromatic rings. The Bertz CT molecular complexity index is 1120. The summed E-state index contributed by atoms with van der Waals surface area (Å²) in [6.45, 7) is 2.25. The first-order chi connectivity index (χ1) is 12.8. The molecule has 8 heteroatoms. The number of rotatable bonds is 3. The van der Waals surface area contributed by atoms with Crippen LogP contribution in [0.1, 0.15) is 13.8 Å². The van der Waals surface area contributed by atoms with Crippen LogP contribution in [0.15, 0.2) is 50.1 Å². The summed E-state index contributed by atoms with van der Waals surface area (Å²) in [6, 6.07) is 10.1. The number of fused-ring (bicyclic) bond motifs is 1. The van der Waals surface area contributed by atoms with Crippen LogP contribution in [0.3, 0.4) is 0 Å². The van der Waals surface area contributed by atoms with E-state index in [9.17, 15) is 19.5 Å². The van der Waals surface area contributed by atoms with Crippen molar-refractivity contribution in [1.29, 1.82) is 0 Å². The van der Waals surface area contributed by atoms with Crippen LogP contribution in [0.25, 0.3) is 22.3 Å². The molecular weight excluding hydrogens is 420 g/mol. The van der Waals surface area contributed by atoms with Crippen molar-refractivity contribution in [2.24, 2.45) is 0 Å². The lowest BCUT2D eigenvalue weighted by Crippen LogP contribution is -2.10. The van der Waals surface area contributed by atoms with Crippen molar-refractivity contribution in [1.82, 2.24) is 0 Å². The van der Waals surface area contributed by atoms with Gasteiger partial charge in [0.15, 0.2) is 22.5 Å². The third-order valence-corrected chi connectivity index (χ3v) is 4.27. The van der Waals surface area contributed by atoms with E-state index in [0.717, 1.165) is 13.8 Å². The summed E-state index contributed by atoms with van der Waals surface area (Å²) in [5, 5.41) is 10.3. The van der Waals surface area contributed by atoms with E-state index < -0.39 is 28.9 Å². The Morgan fingerprint density at radius 3 is 2.22 bits per heavy atom. The summed E-state index contributed by atoms with van der Waals surface area (Å²) in [7, 11) is 0. The zero-order chi connectivity index (χ0) is 19.7. The van der Waals surface area contributed by atoms with Crippen LogP contribution in [-0.4, -0.2) is 17.0 Å². The van der Waals surface area contributed by atoms with E-state index >= 15 is 0 Å². The fraction of sp³-hybridized carbons (Fsp3) is 0.105. The molecule has 0 amide bonds. The molecule has 0 atom stereocenters. The Morgan fingerprint density at radius 2 is 1.63 bits per heavy atom. The molecule has 0 spiro atoms. The van der Waals surface area contributed by atoms with Crippen molar-refractivity contribution in [3.05, 3.63) is 51.1 Å². The van der Waals surface area contributed by atoms with Crippen LogP contribution in [0.2, 0.25) is 0 Å². The molecule has 1 heterocycles. The van der Waals surface area contributed by atoms with Gasteiger partial charge in [0.1, 0.15) is 15.6 Å². The maximum Gasteiger partial charge on any atom is 0.308 e. The van der Waals surface area contributed by atoms with Crippen LogP contribution >= 0.6 is 15.9 Å². The highest BCUT2D eigenvalue weighted by molar-refractivity contribution is 9.10. The molecule has 0 aliphatic heterocycles. The van der Waals surface area contributed by atoms with Crippen molar-refractivity contribution >= 4 is 38.8 Å². The number of ether oxygens (including phenoxy) is 2. The molecule has 2 aromatic carbocycles. The van der Waals surface area contributed by atoms with Crippen LogP contribution < -0.4 is 14.9 Å². The van der Waals surface area contributed by atoms with Gasteiger partial charge >= 0.3 is 11.9 Å². The largest absolute Gasteiger partial charge is 0.504 e. The minimum Gasteiger partial charge on any atom is -0.504 e. The van der Waals surface area contributed by atoms with Gasteiger partial charge in [0.05, 0.1) is 0 Å². The maximum atomic E-state index is 12.6. The van der Waals surface area contributed by atoms with E-state index in [2.05, 4.69) is 15.9 Å². The molecule has 138 valence electrons. The Kier molecular flexibility index (Phi) is 5.00. The first-order valence-corrected chi connectivity index (χ1v) is 8.53. The van der Waals surface area contributed by atoms with Crippen molar-refractivity contribution in [3.8, 4) is 28.6 Å². The normalized spacial score (nSPS) is 10.6. The molecule has 1 aromatic heterocycles. The molecule has 0 unspecified atom stereocenters. The molecule has 1 N–H and O–H groups in total. The maximum absolute atomic E-state index is 12.6. The fourth-order valence-electron chi connectivity index (χ4n) is 2.51. The number of benzene rings is 2. The number of hydrogen-bond donors (Lipinski definition) is 1. The second kappa shape index (κ2) is 7.24. The molecule has 27 heavy (non-hydrogen) atoms. The molecular formula is C19H13BrO7. The highest BCUT2D eigenvalue weighted by Gasteiger charge is 2.27. The highest BCUT2D eigenvalue weighted by atomic mass is 79.9. The van der Waals surface area contributed by atoms with Gasteiger partial charge in [-0.25, -0.2) is 0 Å². The van der Waals surface area contributed by atoms with Gasteiger partial charge in [-0.15, -0.1) is 0 Å². The average molecular weight is 433 g/mol. The van der Waals surface area contributed by atoms with Gasteiger partial charge in [-0.3, -0.25) is 14.4 Å². The van der Waals surface area contributed by atoms with Gasteiger partial charge < -0.3 is 19.0 Å². The van der Waals surface area contributed by atoms with Crippen molar-refractivity contribution in [3.63, 3.8) is 0 Å². The minimum atomic E-state index is -0.768. The Hall–Kier alpha value is -3.13. The van der Waals surface area contributed by atoms with Crippen LogP contribution in [0.5, 0.6) is 17.2 Å². The van der Waals surface area contributed by atoms with Crippen molar-refractivity contribution in [2.75, 3.05) is 0 Å². The number of hydrogen-bond acceptors (Lipinski definition) is 7. The van der Waals surface area contributed by atoms with E-state index in [0.29, 0.717) is 5.56 Å². The number of phenolic OH excluding ortho intramolecular Hbond substituents is 1. The third-order valence-electron chi connectivity index (χ3n) is 3.55. The predicted molar refractivity (Wildman–Crippen MR) is 99.9 cm³/mol. The minimum absolute atomic E-state index is 0.0500. The number of halogens is 1. The second-order valence-corrected chi connectivity index (χ2v) is 6.35. The van der Waals surface area contributed by atoms with Gasteiger partial charge in [-0.05, 0) is 15.9 Å². The standard InChI is InChI=1S/C19H13BrO7/c1-9(21)25-18-15(20)17-14(16(24)19(18)26-10(2)22)12(23)8-13(27-17)11-6-4-3-5-7-11/h3-8,24H,1-2H3. The number of aromatic hydroxyl groups is 1. The Labute approximate surface area is 161 Å². The number of phenols is 1. The molecule has 3 rings (SSSR count). The first kappa shape index (κ1) is 18.7. The fourth-order valence-corrected chi connectivity index (χ4v) is 3.05. The van der Waals surface area contributed by atoms with E-state index in [4.69, 9.17) is 13.9 Å². The van der Waals surface area contributed by atoms with Gasteiger partial charge in [0, 0.05) is 25.5 Å². The molecule has 0 fully saturated rings. The summed E-state index contributed by atoms with van der Waals surface area (Å²) in [5.41, 5.74) is 0.0306. The molecule has 0 bridgehead atoms. The number of carbonyl (C=O) groups excluding carboxylic acids is 2. The molecule has 0 aliphatic rings. The smallest absolute Gasteiger partial charge is 0.308 e. The van der Waals surface area contributed by atoms with Gasteiger partial charge in [0.2, 0.25) is 5.75 Å². The van der Waals surface area contributed by atoms with Gasteiger partial charge in [0.25, 0.3) is 0 Å². The van der Waals surface area contributed by atoms with Gasteiger partial charge in [-0.1, -0.05) is 30.3 Å². The summed E-state index contributed by atoms with van der Waals surface area (Å²) in [4.78, 5) is 35.5. The van der Waals surface area contributed by atoms with Crippen molar-refractivity contribution < 1.29 is 28.6 Å². The molecule has 7 nitrogen and oxygen atoms in total. The second-order valence-electron chi connectivity index (χ2n) is 5.55. The lowest BCUT2D eigenvalue weighted by molar-refractivity contribution is -0.134.